The summed E-state index contributed by atoms with van der Waals surface area (Å²) in [5.41, 5.74) is 0. The number of carbonyl (C=O) groups is 1. The number of likely N-dealkylation sites (tertiary alicyclic amines) is 2. The van der Waals surface area contributed by atoms with Crippen molar-refractivity contribution in [2.24, 2.45) is 0 Å². The number of thiazole rings is 1. The highest BCUT2D eigenvalue weighted by atomic mass is 32.1. The molecule has 1 aromatic rings. The molecule has 0 N–H and O–H groups in total. The standard InChI is InChI=1S/C16H25N3OS/c1-3-15-17-11-14(21-15)16(20)19-10-6-8-13(19)12-7-5-9-18(12)4-2/h11-13H,3-10H2,1-2H3/t12-,13+/m1/s1. The molecule has 2 fully saturated rings. The number of amides is 1. The molecular weight excluding hydrogens is 282 g/mol. The van der Waals surface area contributed by atoms with Crippen LogP contribution in [0.15, 0.2) is 6.20 Å². The summed E-state index contributed by atoms with van der Waals surface area (Å²) in [4.78, 5) is 22.7. The Labute approximate surface area is 131 Å². The number of hydrogen-bond donors (Lipinski definition) is 0. The summed E-state index contributed by atoms with van der Waals surface area (Å²) in [5.74, 6) is 0.206. The van der Waals surface area contributed by atoms with Gasteiger partial charge in [-0.05, 0) is 45.2 Å². The second-order valence-corrected chi connectivity index (χ2v) is 7.13. The predicted molar refractivity (Wildman–Crippen MR) is 85.8 cm³/mol. The summed E-state index contributed by atoms with van der Waals surface area (Å²) in [7, 11) is 0. The molecule has 0 bridgehead atoms. The minimum atomic E-state index is 0.206. The quantitative estimate of drug-likeness (QED) is 0.858. The predicted octanol–water partition coefficient (Wildman–Crippen LogP) is 2.79. The Morgan fingerprint density at radius 2 is 2.05 bits per heavy atom. The first-order valence-electron chi connectivity index (χ1n) is 8.24. The Morgan fingerprint density at radius 1 is 1.29 bits per heavy atom. The van der Waals surface area contributed by atoms with Gasteiger partial charge >= 0.3 is 0 Å². The van der Waals surface area contributed by atoms with Crippen molar-refractivity contribution in [3.8, 4) is 0 Å². The third kappa shape index (κ3) is 2.86. The molecule has 2 aliphatic heterocycles. The number of rotatable bonds is 4. The number of likely N-dealkylation sites (N-methyl/N-ethyl adjacent to an activating group) is 1. The average Bonchev–Trinajstić information content (AvgIpc) is 3.23. The molecule has 0 aromatic carbocycles. The van der Waals surface area contributed by atoms with E-state index in [0.29, 0.717) is 12.1 Å². The van der Waals surface area contributed by atoms with Gasteiger partial charge in [0.2, 0.25) is 0 Å². The fourth-order valence-corrected chi connectivity index (χ4v) is 4.65. The molecule has 0 saturated carbocycles. The molecule has 4 nitrogen and oxygen atoms in total. The van der Waals surface area contributed by atoms with Crippen molar-refractivity contribution in [1.29, 1.82) is 0 Å². The lowest BCUT2D eigenvalue weighted by Gasteiger charge is -2.34. The van der Waals surface area contributed by atoms with E-state index < -0.39 is 0 Å². The van der Waals surface area contributed by atoms with Crippen LogP contribution in [0.4, 0.5) is 0 Å². The lowest BCUT2D eigenvalue weighted by atomic mass is 10.0. The van der Waals surface area contributed by atoms with E-state index in [4.69, 9.17) is 0 Å². The van der Waals surface area contributed by atoms with Crippen molar-refractivity contribution in [1.82, 2.24) is 14.8 Å². The molecule has 3 rings (SSSR count). The first kappa shape index (κ1) is 15.0. The maximum absolute atomic E-state index is 12.8. The maximum Gasteiger partial charge on any atom is 0.265 e. The van der Waals surface area contributed by atoms with E-state index in [9.17, 15) is 4.79 Å². The monoisotopic (exact) mass is 307 g/mol. The Bertz CT molecular complexity index is 501. The molecule has 1 amide bonds. The first-order valence-corrected chi connectivity index (χ1v) is 9.06. The molecule has 1 aromatic heterocycles. The van der Waals surface area contributed by atoms with E-state index in [1.807, 2.05) is 0 Å². The molecule has 0 unspecified atom stereocenters. The summed E-state index contributed by atoms with van der Waals surface area (Å²) in [5, 5.41) is 1.06. The largest absolute Gasteiger partial charge is 0.333 e. The summed E-state index contributed by atoms with van der Waals surface area (Å²) in [6, 6.07) is 0.979. The summed E-state index contributed by atoms with van der Waals surface area (Å²) in [6.07, 6.45) is 7.50. The molecule has 2 aliphatic rings. The summed E-state index contributed by atoms with van der Waals surface area (Å²) >= 11 is 1.56. The topological polar surface area (TPSA) is 36.4 Å². The molecule has 5 heteroatoms. The highest BCUT2D eigenvalue weighted by Crippen LogP contribution is 2.31. The van der Waals surface area contributed by atoms with Crippen molar-refractivity contribution >= 4 is 17.2 Å². The van der Waals surface area contributed by atoms with Crippen LogP contribution < -0.4 is 0 Å². The summed E-state index contributed by atoms with van der Waals surface area (Å²) < 4.78 is 0. The third-order valence-corrected chi connectivity index (χ3v) is 6.02. The zero-order valence-corrected chi connectivity index (χ0v) is 13.9. The fraction of sp³-hybridized carbons (Fsp3) is 0.750. The normalized spacial score (nSPS) is 26.7. The van der Waals surface area contributed by atoms with Gasteiger partial charge in [0.15, 0.2) is 0 Å². The van der Waals surface area contributed by atoms with Gasteiger partial charge in [-0.2, -0.15) is 0 Å². The van der Waals surface area contributed by atoms with Crippen LogP contribution in [0.5, 0.6) is 0 Å². The van der Waals surface area contributed by atoms with Crippen molar-refractivity contribution in [3.05, 3.63) is 16.1 Å². The molecular formula is C16H25N3OS. The number of hydrogen-bond acceptors (Lipinski definition) is 4. The van der Waals surface area contributed by atoms with Gasteiger partial charge in [0, 0.05) is 18.6 Å². The van der Waals surface area contributed by atoms with Crippen molar-refractivity contribution < 1.29 is 4.79 Å². The van der Waals surface area contributed by atoms with Crippen LogP contribution in [-0.4, -0.2) is 52.4 Å². The Morgan fingerprint density at radius 3 is 2.76 bits per heavy atom. The van der Waals surface area contributed by atoms with Crippen LogP contribution in [0.2, 0.25) is 0 Å². The van der Waals surface area contributed by atoms with Crippen LogP contribution in [-0.2, 0) is 6.42 Å². The number of aromatic nitrogens is 1. The first-order chi connectivity index (χ1) is 10.2. The SMILES string of the molecule is CCc1ncc(C(=O)N2CCC[C@H]2[C@H]2CCCN2CC)s1. The number of carbonyl (C=O) groups excluding carboxylic acids is 1. The molecule has 0 radical (unpaired) electrons. The second-order valence-electron chi connectivity index (χ2n) is 6.02. The smallest absolute Gasteiger partial charge is 0.265 e. The van der Waals surface area contributed by atoms with Crippen LogP contribution in [0.1, 0.15) is 54.2 Å². The van der Waals surface area contributed by atoms with Crippen molar-refractivity contribution in [3.63, 3.8) is 0 Å². The molecule has 116 valence electrons. The van der Waals surface area contributed by atoms with Crippen LogP contribution in [0.25, 0.3) is 0 Å². The zero-order chi connectivity index (χ0) is 14.8. The number of aryl methyl sites for hydroxylation is 1. The van der Waals surface area contributed by atoms with E-state index >= 15 is 0 Å². The fourth-order valence-electron chi connectivity index (χ4n) is 3.84. The Kier molecular flexibility index (Phi) is 4.60. The van der Waals surface area contributed by atoms with Gasteiger partial charge in [0.1, 0.15) is 4.88 Å². The van der Waals surface area contributed by atoms with E-state index in [1.54, 1.807) is 17.5 Å². The van der Waals surface area contributed by atoms with Gasteiger partial charge in [-0.3, -0.25) is 9.69 Å². The van der Waals surface area contributed by atoms with E-state index in [0.717, 1.165) is 42.2 Å². The Hall–Kier alpha value is -0.940. The minimum absolute atomic E-state index is 0.206. The number of nitrogens with zero attached hydrogens (tertiary/aromatic N) is 3. The highest BCUT2D eigenvalue weighted by Gasteiger charge is 2.39. The van der Waals surface area contributed by atoms with E-state index in [2.05, 4.69) is 28.6 Å². The van der Waals surface area contributed by atoms with Gasteiger partial charge in [-0.1, -0.05) is 13.8 Å². The maximum atomic E-state index is 12.8. The van der Waals surface area contributed by atoms with Gasteiger partial charge < -0.3 is 4.90 Å². The van der Waals surface area contributed by atoms with Gasteiger partial charge in [0.05, 0.1) is 11.2 Å². The zero-order valence-electron chi connectivity index (χ0n) is 13.0. The molecule has 2 saturated heterocycles. The molecule has 21 heavy (non-hydrogen) atoms. The molecule has 0 aliphatic carbocycles. The molecule has 3 heterocycles. The van der Waals surface area contributed by atoms with Crippen LogP contribution in [0, 0.1) is 0 Å². The minimum Gasteiger partial charge on any atom is -0.333 e. The molecule has 2 atom stereocenters. The van der Waals surface area contributed by atoms with Gasteiger partial charge in [-0.15, -0.1) is 11.3 Å². The second kappa shape index (κ2) is 6.44. The van der Waals surface area contributed by atoms with Crippen molar-refractivity contribution in [2.45, 2.75) is 58.0 Å². The van der Waals surface area contributed by atoms with Gasteiger partial charge in [0.25, 0.3) is 5.91 Å². The van der Waals surface area contributed by atoms with Crippen LogP contribution in [0.3, 0.4) is 0 Å². The molecule has 0 spiro atoms. The van der Waals surface area contributed by atoms with E-state index in [1.165, 1.54) is 19.4 Å². The van der Waals surface area contributed by atoms with Crippen LogP contribution >= 0.6 is 11.3 Å². The average molecular weight is 307 g/mol. The highest BCUT2D eigenvalue weighted by molar-refractivity contribution is 7.13. The van der Waals surface area contributed by atoms with Gasteiger partial charge in [-0.25, -0.2) is 4.98 Å². The Balaban J connectivity index is 1.75. The lowest BCUT2D eigenvalue weighted by Crippen LogP contribution is -2.48. The lowest BCUT2D eigenvalue weighted by molar-refractivity contribution is 0.0654. The summed E-state index contributed by atoms with van der Waals surface area (Å²) in [6.45, 7) is 7.53. The van der Waals surface area contributed by atoms with E-state index in [-0.39, 0.29) is 5.91 Å². The van der Waals surface area contributed by atoms with Crippen molar-refractivity contribution in [2.75, 3.05) is 19.6 Å². The third-order valence-electron chi connectivity index (χ3n) is 4.89.